The van der Waals surface area contributed by atoms with E-state index in [-0.39, 0.29) is 11.7 Å². The first-order chi connectivity index (χ1) is 15.2. The van der Waals surface area contributed by atoms with E-state index in [4.69, 9.17) is 0 Å². The first kappa shape index (κ1) is 24.1. The van der Waals surface area contributed by atoms with Gasteiger partial charge >= 0.3 is 6.36 Å². The van der Waals surface area contributed by atoms with E-state index in [0.717, 1.165) is 37.2 Å². The van der Waals surface area contributed by atoms with Crippen molar-refractivity contribution in [1.29, 1.82) is 0 Å². The van der Waals surface area contributed by atoms with Crippen molar-refractivity contribution >= 4 is 33.2 Å². The lowest BCUT2D eigenvalue weighted by molar-refractivity contribution is -0.274. The molecule has 5 nitrogen and oxygen atoms in total. The Morgan fingerprint density at radius 3 is 2.47 bits per heavy atom. The number of hydrogen-bond donors (Lipinski definition) is 1. The normalized spacial score (nSPS) is 20.2. The van der Waals surface area contributed by atoms with Gasteiger partial charge in [0.25, 0.3) is 5.91 Å². The number of likely N-dealkylation sites (tertiary alicyclic amines) is 1. The van der Waals surface area contributed by atoms with Gasteiger partial charge in [-0.2, -0.15) is 0 Å². The molecule has 3 rings (SSSR count). The smallest absolute Gasteiger partial charge is 0.406 e. The Morgan fingerprint density at radius 1 is 1.22 bits per heavy atom. The second kappa shape index (κ2) is 10.4. The third-order valence-electron chi connectivity index (χ3n) is 5.11. The Balaban J connectivity index is 1.75. The van der Waals surface area contributed by atoms with Gasteiger partial charge in [-0.15, -0.1) is 13.2 Å². The minimum atomic E-state index is -4.73. The highest BCUT2D eigenvalue weighted by Crippen LogP contribution is 2.26. The van der Waals surface area contributed by atoms with Crippen molar-refractivity contribution in [3.63, 3.8) is 0 Å². The molecule has 0 radical (unpaired) electrons. The van der Waals surface area contributed by atoms with Crippen molar-refractivity contribution in [2.75, 3.05) is 25.0 Å². The van der Waals surface area contributed by atoms with Crippen LogP contribution in [0.4, 0.5) is 18.9 Å². The van der Waals surface area contributed by atoms with Crippen LogP contribution in [-0.2, 0) is 4.79 Å². The van der Waals surface area contributed by atoms with Crippen molar-refractivity contribution < 1.29 is 22.7 Å². The summed E-state index contributed by atoms with van der Waals surface area (Å²) in [5, 5.41) is 3.18. The Bertz CT molecular complexity index is 958. The molecule has 0 aromatic heterocycles. The number of carbonyl (C=O) groups excluding carboxylic acids is 1. The van der Waals surface area contributed by atoms with Crippen molar-refractivity contribution in [3.8, 4) is 5.75 Å². The number of piperidine rings is 1. The molecule has 1 aliphatic carbocycles. The van der Waals surface area contributed by atoms with Gasteiger partial charge in [0.15, 0.2) is 0 Å². The number of alkyl halides is 4. The van der Waals surface area contributed by atoms with Gasteiger partial charge < -0.3 is 15.0 Å². The first-order valence-corrected chi connectivity index (χ1v) is 11.3. The summed E-state index contributed by atoms with van der Waals surface area (Å²) < 4.78 is 40.9. The molecule has 0 unspecified atom stereocenters. The number of benzene rings is 1. The van der Waals surface area contributed by atoms with E-state index in [9.17, 15) is 18.0 Å². The zero-order valence-electron chi connectivity index (χ0n) is 17.9. The molecule has 0 atom stereocenters. The summed E-state index contributed by atoms with van der Waals surface area (Å²) >= 11 is 3.60. The molecule has 1 aliphatic heterocycles. The highest BCUT2D eigenvalue weighted by atomic mass is 79.9. The molecule has 1 saturated heterocycles. The monoisotopic (exact) mass is 511 g/mol. The topological polar surface area (TPSA) is 53.9 Å². The Kier molecular flexibility index (Phi) is 7.82. The number of allylic oxidation sites excluding steroid dienone is 4. The van der Waals surface area contributed by atoms with Gasteiger partial charge in [0.2, 0.25) is 0 Å². The number of halogens is 4. The van der Waals surface area contributed by atoms with Crippen LogP contribution in [0.2, 0.25) is 0 Å². The van der Waals surface area contributed by atoms with E-state index in [0.29, 0.717) is 28.3 Å². The number of hydrogen-bond acceptors (Lipinski definition) is 4. The van der Waals surface area contributed by atoms with E-state index >= 15 is 0 Å². The molecule has 1 amide bonds. The average Bonchev–Trinajstić information content (AvgIpc) is 2.74. The molecule has 9 heteroatoms. The lowest BCUT2D eigenvalue weighted by atomic mass is 9.97. The summed E-state index contributed by atoms with van der Waals surface area (Å²) in [7, 11) is 0. The molecule has 0 spiro atoms. The van der Waals surface area contributed by atoms with E-state index < -0.39 is 6.36 Å². The Labute approximate surface area is 193 Å². The van der Waals surface area contributed by atoms with E-state index in [1.807, 2.05) is 24.8 Å². The molecular weight excluding hydrogens is 487 g/mol. The summed E-state index contributed by atoms with van der Waals surface area (Å²) in [4.78, 5) is 19.8. The maximum Gasteiger partial charge on any atom is 0.573 e. The Hall–Kier alpha value is -2.55. The average molecular weight is 512 g/mol. The quantitative estimate of drug-likeness (QED) is 0.522. The third kappa shape index (κ3) is 6.48. The molecule has 1 fully saturated rings. The maximum absolute atomic E-state index is 12.9. The number of nitrogens with one attached hydrogen (secondary N) is 1. The first-order valence-electron chi connectivity index (χ1n) is 10.4. The molecule has 0 saturated carbocycles. The van der Waals surface area contributed by atoms with Gasteiger partial charge in [0, 0.05) is 47.0 Å². The van der Waals surface area contributed by atoms with Gasteiger partial charge in [0.1, 0.15) is 5.75 Å². The number of carbonyl (C=O) groups is 1. The second-order valence-corrected chi connectivity index (χ2v) is 8.79. The molecule has 1 heterocycles. The number of nitrogens with zero attached hydrogens (tertiary/aromatic N) is 2. The van der Waals surface area contributed by atoms with Crippen LogP contribution in [-0.4, -0.2) is 47.3 Å². The van der Waals surface area contributed by atoms with Crippen molar-refractivity contribution in [2.45, 2.75) is 37.9 Å². The van der Waals surface area contributed by atoms with Crippen LogP contribution in [0.1, 0.15) is 26.7 Å². The molecule has 32 heavy (non-hydrogen) atoms. The zero-order valence-corrected chi connectivity index (χ0v) is 19.5. The number of anilines is 1. The lowest BCUT2D eigenvalue weighted by Gasteiger charge is -2.30. The van der Waals surface area contributed by atoms with Crippen LogP contribution >= 0.6 is 15.9 Å². The number of rotatable bonds is 5. The minimum absolute atomic E-state index is 0.00521. The minimum Gasteiger partial charge on any atom is -0.406 e. The van der Waals surface area contributed by atoms with E-state index in [2.05, 4.69) is 31.0 Å². The van der Waals surface area contributed by atoms with Crippen molar-refractivity contribution in [2.24, 2.45) is 4.99 Å². The number of ether oxygens (including phenoxy) is 1. The van der Waals surface area contributed by atoms with Crippen LogP contribution < -0.4 is 10.1 Å². The van der Waals surface area contributed by atoms with E-state index in [1.54, 1.807) is 12.2 Å². The lowest BCUT2D eigenvalue weighted by Crippen LogP contribution is -2.39. The van der Waals surface area contributed by atoms with Gasteiger partial charge in [-0.1, -0.05) is 22.0 Å². The summed E-state index contributed by atoms with van der Waals surface area (Å²) in [6.07, 6.45) is 2.57. The van der Waals surface area contributed by atoms with E-state index in [1.165, 1.54) is 24.3 Å². The fraction of sp³-hybridized carbons (Fsp3) is 0.391. The highest BCUT2D eigenvalue weighted by molar-refractivity contribution is 9.09. The molecule has 1 N–H and O–H groups in total. The molecule has 1 aromatic rings. The van der Waals surface area contributed by atoms with Crippen LogP contribution in [0.25, 0.3) is 0 Å². The molecular formula is C23H25BrF3N3O2. The number of aliphatic imine (C=N–C) groups is 1. The molecule has 172 valence electrons. The van der Waals surface area contributed by atoms with Crippen LogP contribution in [0.15, 0.2) is 64.3 Å². The standard InChI is InChI=1S/C23H25BrF3N3O2/c1-3-28-21-14-16(22(31)30-12-10-17(24)11-13-30)4-9-20(21)15(2)29-18-5-7-19(8-6-18)32-23(25,26)27/h4-9,14,17,29H,3,10-13H2,1-2H3/b20-15+,28-21-. The number of amides is 1. The van der Waals surface area contributed by atoms with Crippen molar-refractivity contribution in [1.82, 2.24) is 4.90 Å². The predicted octanol–water partition coefficient (Wildman–Crippen LogP) is 5.61. The largest absolute Gasteiger partial charge is 0.573 e. The highest BCUT2D eigenvalue weighted by Gasteiger charge is 2.31. The van der Waals surface area contributed by atoms with Crippen LogP contribution in [0, 0.1) is 0 Å². The molecule has 0 bridgehead atoms. The van der Waals surface area contributed by atoms with Gasteiger partial charge in [-0.05, 0) is 63.1 Å². The van der Waals surface area contributed by atoms with Crippen molar-refractivity contribution in [3.05, 3.63) is 59.3 Å². The van der Waals surface area contributed by atoms with Gasteiger partial charge in [-0.25, -0.2) is 0 Å². The summed E-state index contributed by atoms with van der Waals surface area (Å²) in [6.45, 7) is 5.76. The molecule has 1 aromatic carbocycles. The third-order valence-corrected chi connectivity index (χ3v) is 6.02. The fourth-order valence-electron chi connectivity index (χ4n) is 3.54. The summed E-state index contributed by atoms with van der Waals surface area (Å²) in [5.74, 6) is -0.288. The fourth-order valence-corrected chi connectivity index (χ4v) is 3.95. The zero-order chi connectivity index (χ0) is 23.3. The summed E-state index contributed by atoms with van der Waals surface area (Å²) in [6, 6.07) is 5.51. The van der Waals surface area contributed by atoms with Gasteiger partial charge in [0.05, 0.1) is 5.71 Å². The molecule has 2 aliphatic rings. The Morgan fingerprint density at radius 2 is 1.88 bits per heavy atom. The van der Waals surface area contributed by atoms with Gasteiger partial charge in [-0.3, -0.25) is 9.79 Å². The van der Waals surface area contributed by atoms with Crippen LogP contribution in [0.3, 0.4) is 0 Å². The SMILES string of the molecule is CC/N=C1/C=C(C(=O)N2CCC(Br)CC2)C=C/C1=C(/C)Nc1ccc(OC(F)(F)F)cc1. The van der Waals surface area contributed by atoms with Crippen LogP contribution in [0.5, 0.6) is 5.75 Å². The summed E-state index contributed by atoms with van der Waals surface area (Å²) in [5.41, 5.74) is 3.47. The second-order valence-electron chi connectivity index (χ2n) is 7.50. The predicted molar refractivity (Wildman–Crippen MR) is 123 cm³/mol. The maximum atomic E-state index is 12.9.